The first-order valence-electron chi connectivity index (χ1n) is 0. The van der Waals surface area contributed by atoms with Gasteiger partial charge in [-0.25, -0.2) is 0 Å². The number of rotatable bonds is 0. The first kappa shape index (κ1) is 69.1. The molecule has 0 rings (SSSR count). The third-order valence-electron chi connectivity index (χ3n) is 0. The van der Waals surface area contributed by atoms with Crippen molar-refractivity contribution in [1.29, 1.82) is 0 Å². The van der Waals surface area contributed by atoms with E-state index in [4.69, 9.17) is 0 Å². The molecular weight excluding hydrogens is 454 g/mol. The van der Waals surface area contributed by atoms with Crippen LogP contribution < -0.4 is 233 Å². The minimum atomic E-state index is 0. The SMILES string of the molecule is [OH-].[OH-].[OH-].[OH-].[Rb+].[Rb+].[Rb+].[Rb+].[Ti]. The zero-order valence-corrected chi connectivity index (χ0v) is 27.5. The monoisotopic (exact) mass is 456 g/mol. The average molecular weight is 458 g/mol. The van der Waals surface area contributed by atoms with Gasteiger partial charge in [-0.3, -0.25) is 0 Å². The Morgan fingerprint density at radius 2 is 0.333 bits per heavy atom. The van der Waals surface area contributed by atoms with Crippen molar-refractivity contribution < 1.29 is 276 Å². The molecule has 0 saturated heterocycles. The fourth-order valence-electron chi connectivity index (χ4n) is 0. The molecule has 0 aromatic carbocycles. The zero-order valence-electron chi connectivity index (χ0n) is 6.29. The van der Waals surface area contributed by atoms with E-state index in [0.717, 1.165) is 0 Å². The Balaban J connectivity index is 0. The Hall–Kier alpha value is 7.78. The van der Waals surface area contributed by atoms with Crippen LogP contribution in [0, 0.1) is 0 Å². The van der Waals surface area contributed by atoms with E-state index in [1.807, 2.05) is 0 Å². The summed E-state index contributed by atoms with van der Waals surface area (Å²) in [4.78, 5) is 0. The molecule has 0 aliphatic carbocycles. The van der Waals surface area contributed by atoms with Crippen molar-refractivity contribution in [3.05, 3.63) is 0 Å². The van der Waals surface area contributed by atoms with Gasteiger partial charge in [-0.05, 0) is 0 Å². The fraction of sp³-hybridized carbons (Fsp3) is 0. The van der Waals surface area contributed by atoms with E-state index in [1.54, 1.807) is 0 Å². The van der Waals surface area contributed by atoms with Crippen molar-refractivity contribution >= 4 is 0 Å². The van der Waals surface area contributed by atoms with Gasteiger partial charge in [0.15, 0.2) is 0 Å². The van der Waals surface area contributed by atoms with Crippen molar-refractivity contribution in [1.82, 2.24) is 0 Å². The summed E-state index contributed by atoms with van der Waals surface area (Å²) in [7, 11) is 0. The fourth-order valence-corrected chi connectivity index (χ4v) is 0. The Morgan fingerprint density at radius 1 is 0.333 bits per heavy atom. The molecule has 36 valence electrons. The number of hydrogen-bond acceptors (Lipinski definition) is 4. The van der Waals surface area contributed by atoms with Crippen molar-refractivity contribution in [3.63, 3.8) is 0 Å². The topological polar surface area (TPSA) is 120 Å². The van der Waals surface area contributed by atoms with E-state index in [2.05, 4.69) is 0 Å². The molecule has 0 unspecified atom stereocenters. The van der Waals surface area contributed by atoms with Gasteiger partial charge in [-0.15, -0.1) is 0 Å². The molecule has 0 bridgehead atoms. The minimum Gasteiger partial charge on any atom is -0.870 e. The van der Waals surface area contributed by atoms with E-state index >= 15 is 0 Å². The molecule has 0 saturated carbocycles. The smallest absolute Gasteiger partial charge is 0.870 e. The van der Waals surface area contributed by atoms with Crippen LogP contribution in [0.5, 0.6) is 0 Å². The maximum absolute atomic E-state index is 0. The van der Waals surface area contributed by atoms with Crippen LogP contribution in [0.15, 0.2) is 0 Å². The van der Waals surface area contributed by atoms with E-state index in [1.165, 1.54) is 0 Å². The van der Waals surface area contributed by atoms with Gasteiger partial charge in [-0.1, -0.05) is 0 Å². The summed E-state index contributed by atoms with van der Waals surface area (Å²) in [6.07, 6.45) is 0. The first-order chi connectivity index (χ1) is 0. The van der Waals surface area contributed by atoms with Crippen molar-refractivity contribution in [3.8, 4) is 0 Å². The molecule has 0 aromatic heterocycles. The van der Waals surface area contributed by atoms with E-state index < -0.39 is 0 Å². The van der Waals surface area contributed by atoms with Gasteiger partial charge in [0.2, 0.25) is 0 Å². The molecular formula is H4O4Rb4Ti. The van der Waals surface area contributed by atoms with Gasteiger partial charge in [0.25, 0.3) is 0 Å². The second-order valence-electron chi connectivity index (χ2n) is 0. The molecule has 0 aromatic rings. The Morgan fingerprint density at radius 3 is 0.333 bits per heavy atom. The van der Waals surface area contributed by atoms with Gasteiger partial charge < -0.3 is 21.9 Å². The predicted octanol–water partition coefficient (Wildman–Crippen LogP) is -12.7. The van der Waals surface area contributed by atoms with E-state index in [9.17, 15) is 0 Å². The summed E-state index contributed by atoms with van der Waals surface area (Å²) in [5.74, 6) is 0. The minimum absolute atomic E-state index is 0. The van der Waals surface area contributed by atoms with Crippen molar-refractivity contribution in [2.45, 2.75) is 0 Å². The van der Waals surface area contributed by atoms with Gasteiger partial charge in [0.1, 0.15) is 0 Å². The molecule has 9 heteroatoms. The molecule has 4 nitrogen and oxygen atoms in total. The summed E-state index contributed by atoms with van der Waals surface area (Å²) >= 11 is 0. The third-order valence-corrected chi connectivity index (χ3v) is 0. The maximum Gasteiger partial charge on any atom is 1.00 e. The summed E-state index contributed by atoms with van der Waals surface area (Å²) in [5.41, 5.74) is 0. The van der Waals surface area contributed by atoms with Gasteiger partial charge in [0.05, 0.1) is 0 Å². The van der Waals surface area contributed by atoms with Crippen LogP contribution in [0.2, 0.25) is 0 Å². The molecule has 4 N–H and O–H groups in total. The summed E-state index contributed by atoms with van der Waals surface area (Å²) < 4.78 is 0. The van der Waals surface area contributed by atoms with Gasteiger partial charge in [0, 0.05) is 21.7 Å². The summed E-state index contributed by atoms with van der Waals surface area (Å²) in [6.45, 7) is 0. The molecule has 0 aliphatic rings. The molecule has 0 heterocycles. The normalized spacial score (nSPS) is 0. The van der Waals surface area contributed by atoms with Crippen LogP contribution in [-0.4, -0.2) is 21.9 Å². The largest absolute Gasteiger partial charge is 1.00 e. The van der Waals surface area contributed by atoms with Crippen LogP contribution in [0.4, 0.5) is 0 Å². The number of hydrogen-bond donors (Lipinski definition) is 0. The quantitative estimate of drug-likeness (QED) is 0.335. The Bertz CT molecular complexity index is 12.5. The van der Waals surface area contributed by atoms with Crippen molar-refractivity contribution in [2.75, 3.05) is 0 Å². The first-order valence-corrected chi connectivity index (χ1v) is 0. The Labute approximate surface area is 265 Å². The molecule has 0 aliphatic heterocycles. The molecule has 9 heavy (non-hydrogen) atoms. The van der Waals surface area contributed by atoms with Crippen LogP contribution in [0.1, 0.15) is 0 Å². The standard InChI is InChI=1S/4H2O.4Rb.Ti/h4*1H2;;;;;/q;;;;4*+1;/p-4. The molecule has 0 fully saturated rings. The predicted molar refractivity (Wildman–Crippen MR) is 7.74 cm³/mol. The summed E-state index contributed by atoms with van der Waals surface area (Å²) in [5, 5.41) is 0. The van der Waals surface area contributed by atoms with Crippen LogP contribution in [0.25, 0.3) is 0 Å². The van der Waals surface area contributed by atoms with E-state index in [-0.39, 0.29) is 276 Å². The average Bonchev–Trinajstić information content (AvgIpc) is 0. The summed E-state index contributed by atoms with van der Waals surface area (Å²) in [6, 6.07) is 0. The van der Waals surface area contributed by atoms with Crippen LogP contribution in [0.3, 0.4) is 0 Å². The molecule has 0 atom stereocenters. The van der Waals surface area contributed by atoms with E-state index in [0.29, 0.717) is 0 Å². The van der Waals surface area contributed by atoms with Crippen LogP contribution >= 0.6 is 0 Å². The molecule has 0 spiro atoms. The van der Waals surface area contributed by atoms with Crippen LogP contribution in [-0.2, 0) is 21.7 Å². The molecule has 0 radical (unpaired) electrons. The Kier molecular flexibility index (Phi) is 437. The van der Waals surface area contributed by atoms with Crippen molar-refractivity contribution in [2.24, 2.45) is 0 Å². The van der Waals surface area contributed by atoms with Gasteiger partial charge >= 0.3 is 233 Å². The second-order valence-corrected chi connectivity index (χ2v) is 0. The second kappa shape index (κ2) is 57.0. The molecule has 0 amide bonds. The maximum atomic E-state index is 0. The third kappa shape index (κ3) is 49.5. The zero-order chi connectivity index (χ0) is 0. The van der Waals surface area contributed by atoms with Gasteiger partial charge in [-0.2, -0.15) is 0 Å².